The lowest BCUT2D eigenvalue weighted by atomic mass is 9.78. The molecule has 0 saturated carbocycles. The molecule has 71 heavy (non-hydrogen) atoms. The van der Waals surface area contributed by atoms with Crippen molar-refractivity contribution < 1.29 is 9.47 Å². The smallest absolute Gasteiger partial charge is 0.180 e. The number of nitrogens with one attached hydrogen (secondary N) is 1. The van der Waals surface area contributed by atoms with Crippen LogP contribution in [0.1, 0.15) is 16.8 Å². The second-order valence-electron chi connectivity index (χ2n) is 16.8. The van der Waals surface area contributed by atoms with Gasteiger partial charge in [0.25, 0.3) is 0 Å². The van der Waals surface area contributed by atoms with Crippen LogP contribution in [-0.4, -0.2) is 59.1 Å². The van der Waals surface area contributed by atoms with E-state index in [9.17, 15) is 0 Å². The molecule has 0 amide bonds. The van der Waals surface area contributed by atoms with Gasteiger partial charge in [-0.15, -0.1) is 0 Å². The minimum Gasteiger partial charge on any atom is -0.497 e. The van der Waals surface area contributed by atoms with E-state index in [2.05, 4.69) is 53.5 Å². The van der Waals surface area contributed by atoms with E-state index in [0.717, 1.165) is 66.9 Å². The first-order valence-corrected chi connectivity index (χ1v) is 22.9. The molecule has 0 fully saturated rings. The van der Waals surface area contributed by atoms with Crippen LogP contribution in [0.15, 0.2) is 207 Å². The van der Waals surface area contributed by atoms with Gasteiger partial charge in [-0.05, 0) is 101 Å². The average Bonchev–Trinajstić information content (AvgIpc) is 3.95. The Hall–Kier alpha value is -9.46. The molecule has 4 aromatic carbocycles. The number of aromatic nitrogens is 9. The first-order chi connectivity index (χ1) is 34.9. The summed E-state index contributed by atoms with van der Waals surface area (Å²) in [5.41, 5.74) is 9.59. The molecule has 0 aliphatic heterocycles. The number of hydrazine groups is 1. The van der Waals surface area contributed by atoms with Gasteiger partial charge < -0.3 is 14.5 Å². The fourth-order valence-electron chi connectivity index (χ4n) is 8.99. The summed E-state index contributed by atoms with van der Waals surface area (Å²) in [4.78, 5) is 43.5. The number of fused-ring (bicyclic) bond motifs is 1. The molecule has 0 spiro atoms. The van der Waals surface area contributed by atoms with Gasteiger partial charge in [-0.1, -0.05) is 78.9 Å². The molecule has 13 heteroatoms. The summed E-state index contributed by atoms with van der Waals surface area (Å²) in [6.07, 6.45) is 13.0. The maximum Gasteiger partial charge on any atom is 0.180 e. The molecule has 1 unspecified atom stereocenters. The van der Waals surface area contributed by atoms with Gasteiger partial charge in [0, 0.05) is 89.0 Å². The molecule has 0 aliphatic carbocycles. The van der Waals surface area contributed by atoms with Crippen LogP contribution in [0.4, 0.5) is 5.82 Å². The first kappa shape index (κ1) is 44.1. The summed E-state index contributed by atoms with van der Waals surface area (Å²) in [6.45, 7) is 0. The van der Waals surface area contributed by atoms with Crippen LogP contribution in [0, 0.1) is 0 Å². The fourth-order valence-corrected chi connectivity index (χ4v) is 8.99. The molecular formula is C58H45N11O2. The summed E-state index contributed by atoms with van der Waals surface area (Å²) < 4.78 is 11.2. The summed E-state index contributed by atoms with van der Waals surface area (Å²) in [5, 5.41) is 2.76. The monoisotopic (exact) mass is 927 g/mol. The van der Waals surface area contributed by atoms with Gasteiger partial charge in [-0.25, -0.2) is 25.8 Å². The Balaban J connectivity index is 1.18. The number of ether oxygens (including phenoxy) is 2. The SMILES string of the molecule is COc1cccc(-c2cncc(-c3cc(N(N)C(Cc4cccc5[nH]ccc45)(c4ccccc4)c4cc(-c5cncc(-c6cccc(OC)c6)c5)nc(-c5ccccn5)n4)nc(-c4ccccn4)n3)c2)c1. The maximum atomic E-state index is 7.94. The highest BCUT2D eigenvalue weighted by atomic mass is 16.5. The van der Waals surface area contributed by atoms with Crippen LogP contribution >= 0.6 is 0 Å². The number of hydrogen-bond acceptors (Lipinski definition) is 12. The Morgan fingerprint density at radius 1 is 0.507 bits per heavy atom. The van der Waals surface area contributed by atoms with E-state index in [-0.39, 0.29) is 0 Å². The van der Waals surface area contributed by atoms with Gasteiger partial charge in [0.2, 0.25) is 0 Å². The van der Waals surface area contributed by atoms with Gasteiger partial charge in [0.1, 0.15) is 34.2 Å². The minimum absolute atomic E-state index is 0.327. The van der Waals surface area contributed by atoms with Gasteiger partial charge >= 0.3 is 0 Å². The van der Waals surface area contributed by atoms with Crippen LogP contribution in [-0.2, 0) is 12.0 Å². The Morgan fingerprint density at radius 3 is 1.69 bits per heavy atom. The number of anilines is 1. The largest absolute Gasteiger partial charge is 0.497 e. The number of rotatable bonds is 14. The predicted octanol–water partition coefficient (Wildman–Crippen LogP) is 11.2. The topological polar surface area (TPSA) is 167 Å². The van der Waals surface area contributed by atoms with Gasteiger partial charge in [0.15, 0.2) is 11.6 Å². The van der Waals surface area contributed by atoms with Crippen LogP contribution in [0.5, 0.6) is 11.5 Å². The van der Waals surface area contributed by atoms with Crippen molar-refractivity contribution in [2.75, 3.05) is 19.2 Å². The predicted molar refractivity (Wildman–Crippen MR) is 277 cm³/mol. The number of pyridine rings is 4. The minimum atomic E-state index is -1.31. The van der Waals surface area contributed by atoms with E-state index in [4.69, 9.17) is 55.2 Å². The third kappa shape index (κ3) is 8.80. The summed E-state index contributed by atoms with van der Waals surface area (Å²) in [5.74, 6) is 10.6. The van der Waals surface area contributed by atoms with E-state index < -0.39 is 5.54 Å². The van der Waals surface area contributed by atoms with E-state index >= 15 is 0 Å². The van der Waals surface area contributed by atoms with Gasteiger partial charge in [-0.2, -0.15) is 0 Å². The van der Waals surface area contributed by atoms with Crippen LogP contribution < -0.4 is 20.3 Å². The molecule has 0 saturated heterocycles. The van der Waals surface area contributed by atoms with Crippen molar-refractivity contribution >= 4 is 16.7 Å². The first-order valence-electron chi connectivity index (χ1n) is 22.9. The second-order valence-corrected chi connectivity index (χ2v) is 16.8. The van der Waals surface area contributed by atoms with Crippen molar-refractivity contribution in [3.8, 4) is 79.3 Å². The lowest BCUT2D eigenvalue weighted by Gasteiger charge is -2.42. The molecule has 11 rings (SSSR count). The molecule has 7 heterocycles. The maximum absolute atomic E-state index is 7.94. The van der Waals surface area contributed by atoms with Crippen LogP contribution in [0.2, 0.25) is 0 Å². The zero-order valence-electron chi connectivity index (χ0n) is 38.8. The molecule has 0 aliphatic rings. The third-order valence-electron chi connectivity index (χ3n) is 12.6. The molecule has 0 bridgehead atoms. The van der Waals surface area contributed by atoms with E-state index in [0.29, 0.717) is 52.4 Å². The van der Waals surface area contributed by atoms with Gasteiger partial charge in [0.05, 0.1) is 31.3 Å². The van der Waals surface area contributed by atoms with Gasteiger partial charge in [-0.3, -0.25) is 24.9 Å². The Morgan fingerprint density at radius 2 is 1.08 bits per heavy atom. The average molecular weight is 928 g/mol. The Kier molecular flexibility index (Phi) is 12.0. The number of nitrogens with zero attached hydrogens (tertiary/aromatic N) is 9. The van der Waals surface area contributed by atoms with E-state index in [1.54, 1.807) is 37.8 Å². The van der Waals surface area contributed by atoms with Crippen molar-refractivity contribution in [2.45, 2.75) is 12.0 Å². The molecule has 7 aromatic heterocycles. The van der Waals surface area contributed by atoms with Crippen molar-refractivity contribution in [1.82, 2.24) is 44.9 Å². The molecule has 0 radical (unpaired) electrons. The highest BCUT2D eigenvalue weighted by molar-refractivity contribution is 5.84. The molecule has 13 nitrogen and oxygen atoms in total. The zero-order chi connectivity index (χ0) is 48.2. The van der Waals surface area contributed by atoms with Crippen molar-refractivity contribution in [3.05, 3.63) is 224 Å². The van der Waals surface area contributed by atoms with Crippen molar-refractivity contribution in [2.24, 2.45) is 5.84 Å². The number of H-pyrrole nitrogens is 1. The second kappa shape index (κ2) is 19.3. The number of methoxy groups -OCH3 is 2. The van der Waals surface area contributed by atoms with Crippen molar-refractivity contribution in [3.63, 3.8) is 0 Å². The van der Waals surface area contributed by atoms with E-state index in [1.807, 2.05) is 140 Å². The number of hydrogen-bond donors (Lipinski definition) is 2. The third-order valence-corrected chi connectivity index (χ3v) is 12.6. The lowest BCUT2D eigenvalue weighted by Crippen LogP contribution is -2.54. The standard InChI is InChI=1S/C58H45N11O2/c1-70-46-18-10-13-38(29-46)41-27-43(36-60-34-41)52-31-54(67-56(65-52)50-20-6-8-24-62-50)58(45-16-4-3-5-17-45,33-40-15-12-22-49-48(40)23-26-64-49)69(59)55-32-53(66-57(68-55)51-21-7-9-25-63-51)44-28-42(35-61-37-44)39-14-11-19-47(30-39)71-2/h3-32,34-37,64H,33,59H2,1-2H3. The zero-order valence-corrected chi connectivity index (χ0v) is 38.8. The number of aromatic amines is 1. The molecular weight excluding hydrogens is 883 g/mol. The summed E-state index contributed by atoms with van der Waals surface area (Å²) in [6, 6.07) is 53.7. The Bertz CT molecular complexity index is 3650. The molecule has 344 valence electrons. The lowest BCUT2D eigenvalue weighted by molar-refractivity contribution is 0.415. The van der Waals surface area contributed by atoms with Crippen LogP contribution in [0.25, 0.3) is 78.7 Å². The van der Waals surface area contributed by atoms with Crippen molar-refractivity contribution in [1.29, 1.82) is 0 Å². The van der Waals surface area contributed by atoms with Crippen LogP contribution in [0.3, 0.4) is 0 Å². The summed E-state index contributed by atoms with van der Waals surface area (Å²) in [7, 11) is 3.31. The highest BCUT2D eigenvalue weighted by Crippen LogP contribution is 2.43. The summed E-state index contributed by atoms with van der Waals surface area (Å²) >= 11 is 0. The normalized spacial score (nSPS) is 12.0. The highest BCUT2D eigenvalue weighted by Gasteiger charge is 2.44. The number of benzene rings is 4. The number of nitrogens with two attached hydrogens (primary N) is 1. The molecule has 3 N–H and O–H groups in total. The molecule has 1 atom stereocenters. The molecule has 11 aromatic rings. The fraction of sp³-hybridized carbons (Fsp3) is 0.0690. The Labute approximate surface area is 409 Å². The van der Waals surface area contributed by atoms with E-state index in [1.165, 1.54) is 0 Å². The quantitative estimate of drug-likeness (QED) is 0.0784.